The van der Waals surface area contributed by atoms with Crippen LogP contribution >= 0.6 is 11.3 Å². The van der Waals surface area contributed by atoms with Crippen LogP contribution in [0.1, 0.15) is 36.4 Å². The number of nitrogens with one attached hydrogen (secondary N) is 2. The third-order valence-electron chi connectivity index (χ3n) is 3.47. The van der Waals surface area contributed by atoms with Crippen LogP contribution in [-0.2, 0) is 0 Å². The summed E-state index contributed by atoms with van der Waals surface area (Å²) in [6.45, 7) is 2.97. The minimum Gasteiger partial charge on any atom is -0.490 e. The summed E-state index contributed by atoms with van der Waals surface area (Å²) in [5.41, 5.74) is 0.824. The van der Waals surface area contributed by atoms with Gasteiger partial charge < -0.3 is 14.8 Å². The number of ether oxygens (including phenoxy) is 2. The van der Waals surface area contributed by atoms with E-state index >= 15 is 0 Å². The summed E-state index contributed by atoms with van der Waals surface area (Å²) in [7, 11) is 0. The molecule has 1 atom stereocenters. The average Bonchev–Trinajstić information content (AvgIpc) is 2.91. The number of anilines is 1. The first-order valence-corrected chi connectivity index (χ1v) is 8.43. The molecule has 0 radical (unpaired) electrons. The number of amides is 2. The summed E-state index contributed by atoms with van der Waals surface area (Å²) in [4.78, 5) is 12.0. The summed E-state index contributed by atoms with van der Waals surface area (Å²) in [5.74, 6) is 1.31. The molecule has 0 fully saturated rings. The van der Waals surface area contributed by atoms with Crippen LogP contribution in [-0.4, -0.2) is 29.4 Å². The van der Waals surface area contributed by atoms with Crippen molar-refractivity contribution in [2.24, 2.45) is 0 Å². The van der Waals surface area contributed by atoms with Gasteiger partial charge in [0.25, 0.3) is 6.43 Å². The number of carbonyl (C=O) groups is 1. The predicted molar refractivity (Wildman–Crippen MR) is 87.5 cm³/mol. The standard InChI is InChI=1S/C15H16F2N4O3S/c1-8(9-3-4-10-11(7-9)24-6-2-5-23-10)18-14(22)19-15-21-20-13(25-15)12(16)17/h3-4,7-8,12H,2,5-6H2,1H3,(H2,18,19,21,22). The number of nitrogens with zero attached hydrogens (tertiary/aromatic N) is 2. The van der Waals surface area contributed by atoms with Gasteiger partial charge in [0, 0.05) is 6.42 Å². The first-order valence-electron chi connectivity index (χ1n) is 7.61. The van der Waals surface area contributed by atoms with Crippen molar-refractivity contribution in [3.8, 4) is 11.5 Å². The van der Waals surface area contributed by atoms with Gasteiger partial charge in [0.2, 0.25) is 5.13 Å². The Bertz CT molecular complexity index is 756. The lowest BCUT2D eigenvalue weighted by Crippen LogP contribution is -2.31. The SMILES string of the molecule is CC(NC(=O)Nc1nnc(C(F)F)s1)c1ccc2c(c1)OCCCO2. The molecule has 1 unspecified atom stereocenters. The number of hydrogen-bond donors (Lipinski definition) is 2. The van der Waals surface area contributed by atoms with Gasteiger partial charge in [0.05, 0.1) is 19.3 Å². The largest absolute Gasteiger partial charge is 0.490 e. The van der Waals surface area contributed by atoms with Gasteiger partial charge in [-0.25, -0.2) is 13.6 Å². The van der Waals surface area contributed by atoms with E-state index in [1.165, 1.54) is 0 Å². The Labute approximate surface area is 146 Å². The van der Waals surface area contributed by atoms with Crippen LogP contribution in [0.25, 0.3) is 0 Å². The molecule has 10 heteroatoms. The fourth-order valence-electron chi connectivity index (χ4n) is 2.24. The molecule has 0 saturated heterocycles. The highest BCUT2D eigenvalue weighted by atomic mass is 32.1. The van der Waals surface area contributed by atoms with E-state index in [1.54, 1.807) is 13.0 Å². The van der Waals surface area contributed by atoms with Gasteiger partial charge in [0.15, 0.2) is 16.5 Å². The number of halogens is 2. The van der Waals surface area contributed by atoms with Crippen molar-refractivity contribution in [1.29, 1.82) is 0 Å². The normalized spacial score (nSPS) is 14.7. The number of carbonyl (C=O) groups excluding carboxylic acids is 1. The molecule has 25 heavy (non-hydrogen) atoms. The lowest BCUT2D eigenvalue weighted by atomic mass is 10.1. The van der Waals surface area contributed by atoms with Crippen molar-refractivity contribution in [2.75, 3.05) is 18.5 Å². The van der Waals surface area contributed by atoms with Crippen molar-refractivity contribution < 1.29 is 23.0 Å². The van der Waals surface area contributed by atoms with Crippen molar-refractivity contribution in [2.45, 2.75) is 25.8 Å². The smallest absolute Gasteiger partial charge is 0.321 e. The van der Waals surface area contributed by atoms with E-state index in [0.717, 1.165) is 12.0 Å². The zero-order valence-corrected chi connectivity index (χ0v) is 14.1. The van der Waals surface area contributed by atoms with E-state index in [-0.39, 0.29) is 11.2 Å². The number of fused-ring (bicyclic) bond motifs is 1. The van der Waals surface area contributed by atoms with Crippen LogP contribution in [0.3, 0.4) is 0 Å². The zero-order chi connectivity index (χ0) is 17.8. The molecule has 0 bridgehead atoms. The molecule has 7 nitrogen and oxygen atoms in total. The molecule has 1 aromatic carbocycles. The molecule has 1 aliphatic heterocycles. The molecule has 3 rings (SSSR count). The fourth-order valence-corrected chi connectivity index (χ4v) is 2.83. The molecule has 0 aliphatic carbocycles. The molecule has 2 heterocycles. The zero-order valence-electron chi connectivity index (χ0n) is 13.3. The van der Waals surface area contributed by atoms with E-state index in [4.69, 9.17) is 9.47 Å². The van der Waals surface area contributed by atoms with Crippen molar-refractivity contribution in [3.63, 3.8) is 0 Å². The molecular weight excluding hydrogens is 354 g/mol. The Morgan fingerprint density at radius 1 is 1.24 bits per heavy atom. The summed E-state index contributed by atoms with van der Waals surface area (Å²) in [6, 6.07) is 4.55. The van der Waals surface area contributed by atoms with E-state index in [1.807, 2.05) is 12.1 Å². The summed E-state index contributed by atoms with van der Waals surface area (Å²) in [5, 5.41) is 11.5. The van der Waals surface area contributed by atoms with Gasteiger partial charge in [-0.05, 0) is 24.6 Å². The quantitative estimate of drug-likeness (QED) is 0.860. The summed E-state index contributed by atoms with van der Waals surface area (Å²) >= 11 is 0.632. The Balaban J connectivity index is 1.62. The van der Waals surface area contributed by atoms with Crippen LogP contribution in [0.2, 0.25) is 0 Å². The maximum Gasteiger partial charge on any atom is 0.321 e. The van der Waals surface area contributed by atoms with E-state index in [9.17, 15) is 13.6 Å². The lowest BCUT2D eigenvalue weighted by molar-refractivity contribution is 0.150. The van der Waals surface area contributed by atoms with Crippen LogP contribution in [0.15, 0.2) is 18.2 Å². The highest BCUT2D eigenvalue weighted by Crippen LogP contribution is 2.32. The highest BCUT2D eigenvalue weighted by molar-refractivity contribution is 7.15. The van der Waals surface area contributed by atoms with Gasteiger partial charge in [-0.2, -0.15) is 0 Å². The number of benzene rings is 1. The second kappa shape index (κ2) is 7.60. The Hall–Kier alpha value is -2.49. The second-order valence-electron chi connectivity index (χ2n) is 5.32. The Morgan fingerprint density at radius 2 is 2.00 bits per heavy atom. The third kappa shape index (κ3) is 4.32. The van der Waals surface area contributed by atoms with Crippen molar-refractivity contribution in [1.82, 2.24) is 15.5 Å². The minimum atomic E-state index is -2.71. The monoisotopic (exact) mass is 370 g/mol. The van der Waals surface area contributed by atoms with Gasteiger partial charge in [-0.15, -0.1) is 10.2 Å². The maximum absolute atomic E-state index is 12.5. The first-order chi connectivity index (χ1) is 12.0. The average molecular weight is 370 g/mol. The predicted octanol–water partition coefficient (Wildman–Crippen LogP) is 3.52. The molecule has 0 spiro atoms. The highest BCUT2D eigenvalue weighted by Gasteiger charge is 2.18. The second-order valence-corrected chi connectivity index (χ2v) is 6.33. The number of urea groups is 1. The van der Waals surface area contributed by atoms with Gasteiger partial charge in [-0.1, -0.05) is 17.4 Å². The molecule has 134 valence electrons. The van der Waals surface area contributed by atoms with Crippen LogP contribution in [0.5, 0.6) is 11.5 Å². The van der Waals surface area contributed by atoms with E-state index < -0.39 is 17.5 Å². The number of alkyl halides is 2. The molecular formula is C15H16F2N4O3S. The lowest BCUT2D eigenvalue weighted by Gasteiger charge is -2.16. The minimum absolute atomic E-state index is 0.0126. The molecule has 1 aliphatic rings. The molecule has 2 aromatic rings. The first kappa shape index (κ1) is 17.3. The van der Waals surface area contributed by atoms with Crippen LogP contribution in [0.4, 0.5) is 18.7 Å². The van der Waals surface area contributed by atoms with Crippen LogP contribution in [0, 0.1) is 0 Å². The molecule has 2 amide bonds. The third-order valence-corrected chi connectivity index (χ3v) is 4.31. The summed E-state index contributed by atoms with van der Waals surface area (Å²) in [6.07, 6.45) is -1.90. The van der Waals surface area contributed by atoms with Crippen molar-refractivity contribution in [3.05, 3.63) is 28.8 Å². The molecule has 1 aromatic heterocycles. The molecule has 0 saturated carbocycles. The Kier molecular flexibility index (Phi) is 5.27. The maximum atomic E-state index is 12.5. The molecule has 2 N–H and O–H groups in total. The van der Waals surface area contributed by atoms with E-state index in [0.29, 0.717) is 36.0 Å². The number of rotatable bonds is 4. The fraction of sp³-hybridized carbons (Fsp3) is 0.400. The number of aromatic nitrogens is 2. The van der Waals surface area contributed by atoms with Crippen molar-refractivity contribution >= 4 is 22.5 Å². The Morgan fingerprint density at radius 3 is 2.72 bits per heavy atom. The van der Waals surface area contributed by atoms with Gasteiger partial charge in [0.1, 0.15) is 0 Å². The van der Waals surface area contributed by atoms with E-state index in [2.05, 4.69) is 20.8 Å². The topological polar surface area (TPSA) is 85.4 Å². The van der Waals surface area contributed by atoms with Crippen LogP contribution < -0.4 is 20.1 Å². The van der Waals surface area contributed by atoms with Gasteiger partial charge >= 0.3 is 6.03 Å². The number of hydrogen-bond acceptors (Lipinski definition) is 6. The summed E-state index contributed by atoms with van der Waals surface area (Å²) < 4.78 is 36.1. The van der Waals surface area contributed by atoms with Gasteiger partial charge in [-0.3, -0.25) is 5.32 Å².